The van der Waals surface area contributed by atoms with Crippen molar-refractivity contribution in [3.05, 3.63) is 93.9 Å². The van der Waals surface area contributed by atoms with E-state index in [0.717, 1.165) is 33.2 Å². The van der Waals surface area contributed by atoms with Crippen LogP contribution in [0.5, 0.6) is 5.75 Å². The second kappa shape index (κ2) is 10.4. The number of nitrogens with zero attached hydrogens (tertiary/aromatic N) is 2. The lowest BCUT2D eigenvalue weighted by molar-refractivity contribution is -0.140. The second-order valence-corrected chi connectivity index (χ2v) is 9.61. The third-order valence-corrected chi connectivity index (χ3v) is 7.01. The van der Waals surface area contributed by atoms with Crippen molar-refractivity contribution in [3.63, 3.8) is 0 Å². The molecule has 1 atom stereocenters. The zero-order valence-electron chi connectivity index (χ0n) is 20.5. The number of methoxy groups -OCH3 is 1. The van der Waals surface area contributed by atoms with Crippen LogP contribution >= 0.6 is 11.3 Å². The van der Waals surface area contributed by atoms with Crippen LogP contribution in [0.3, 0.4) is 0 Å². The van der Waals surface area contributed by atoms with Crippen LogP contribution in [0.25, 0.3) is 4.96 Å². The molecule has 0 saturated carbocycles. The van der Waals surface area contributed by atoms with Gasteiger partial charge >= 0.3 is 12.0 Å². The van der Waals surface area contributed by atoms with Gasteiger partial charge in [-0.25, -0.2) is 14.6 Å². The number of carbonyl (C=O) groups excluding carboxylic acids is 2. The summed E-state index contributed by atoms with van der Waals surface area (Å²) in [7, 11) is 1.62. The Morgan fingerprint density at radius 3 is 2.78 bits per heavy atom. The summed E-state index contributed by atoms with van der Waals surface area (Å²) in [5.41, 5.74) is 10.6. The minimum atomic E-state index is -0.730. The predicted molar refractivity (Wildman–Crippen MR) is 141 cm³/mol. The van der Waals surface area contributed by atoms with Crippen molar-refractivity contribution < 1.29 is 19.1 Å². The number of nitrogens with two attached hydrogens (primary N) is 1. The number of aromatic nitrogens is 2. The van der Waals surface area contributed by atoms with Gasteiger partial charge in [-0.2, -0.15) is 0 Å². The first-order valence-electron chi connectivity index (χ1n) is 11.8. The lowest BCUT2D eigenvalue weighted by Crippen LogP contribution is -2.46. The number of hydrogen-bond acceptors (Lipinski definition) is 7. The maximum absolute atomic E-state index is 13.6. The molecule has 37 heavy (non-hydrogen) atoms. The summed E-state index contributed by atoms with van der Waals surface area (Å²) in [6, 6.07) is 13.8. The van der Waals surface area contributed by atoms with E-state index >= 15 is 0 Å². The topological polar surface area (TPSA) is 120 Å². The van der Waals surface area contributed by atoms with Gasteiger partial charge in [0.05, 0.1) is 24.1 Å². The molecule has 4 N–H and O–H groups in total. The molecular weight excluding hydrogens is 490 g/mol. The molecule has 0 radical (unpaired) electrons. The summed E-state index contributed by atoms with van der Waals surface area (Å²) in [4.78, 5) is 31.8. The van der Waals surface area contributed by atoms with Crippen molar-refractivity contribution >= 4 is 34.0 Å². The fraction of sp³-hybridized carbons (Fsp3) is 0.222. The van der Waals surface area contributed by atoms with E-state index in [1.54, 1.807) is 19.2 Å². The summed E-state index contributed by atoms with van der Waals surface area (Å²) < 4.78 is 13.0. The van der Waals surface area contributed by atoms with Gasteiger partial charge < -0.3 is 25.8 Å². The second-order valence-electron chi connectivity index (χ2n) is 8.73. The lowest BCUT2D eigenvalue weighted by Gasteiger charge is -2.29. The maximum Gasteiger partial charge on any atom is 0.338 e. The van der Waals surface area contributed by atoms with Crippen LogP contribution in [-0.4, -0.2) is 28.5 Å². The number of carbonyl (C=O) groups is 2. The average molecular weight is 518 g/mol. The number of rotatable bonds is 8. The molecule has 0 aliphatic carbocycles. The molecule has 0 spiro atoms. The Morgan fingerprint density at radius 2 is 1.97 bits per heavy atom. The number of allylic oxidation sites excluding steroid dienone is 1. The monoisotopic (exact) mass is 517 g/mol. The normalized spacial score (nSPS) is 15.4. The third kappa shape index (κ3) is 5.14. The van der Waals surface area contributed by atoms with E-state index in [-0.39, 0.29) is 12.6 Å². The standard InChI is InChI=1S/C27H27N5O4S/c1-16-24(32-11-12-37-27(32)29-16)23-22(25(33)36-15-18-6-3-7-19(28)13-18)21(30-26(34)31-23)10-9-17-5-4-8-20(14-17)35-2/h3-8,11-14,23H,9-10,15,28H2,1-2H3,(H2,30,31,34). The van der Waals surface area contributed by atoms with Crippen LogP contribution in [0.15, 0.2) is 71.4 Å². The zero-order valence-corrected chi connectivity index (χ0v) is 21.3. The average Bonchev–Trinajstić information content (AvgIpc) is 3.46. The number of fused-ring (bicyclic) bond motifs is 1. The van der Waals surface area contributed by atoms with Crippen molar-refractivity contribution in [2.24, 2.45) is 0 Å². The number of nitrogens with one attached hydrogen (secondary N) is 2. The number of thiazole rings is 1. The van der Waals surface area contributed by atoms with E-state index in [9.17, 15) is 9.59 Å². The highest BCUT2D eigenvalue weighted by molar-refractivity contribution is 7.15. The number of urea groups is 1. The fourth-order valence-corrected chi connectivity index (χ4v) is 5.29. The number of imidazole rings is 1. The number of anilines is 1. The Balaban J connectivity index is 1.51. The highest BCUT2D eigenvalue weighted by atomic mass is 32.1. The molecule has 190 valence electrons. The van der Waals surface area contributed by atoms with Gasteiger partial charge in [0.25, 0.3) is 0 Å². The summed E-state index contributed by atoms with van der Waals surface area (Å²) in [5, 5.41) is 7.69. The molecule has 2 aromatic carbocycles. The summed E-state index contributed by atoms with van der Waals surface area (Å²) in [6.45, 7) is 1.92. The Hall–Kier alpha value is -4.31. The minimum absolute atomic E-state index is 0.0520. The quantitative estimate of drug-likeness (QED) is 0.237. The van der Waals surface area contributed by atoms with Crippen LogP contribution in [-0.2, 0) is 22.6 Å². The molecule has 2 aromatic heterocycles. The molecule has 3 heterocycles. The highest BCUT2D eigenvalue weighted by Crippen LogP contribution is 2.33. The van der Waals surface area contributed by atoms with Crippen molar-refractivity contribution in [3.8, 4) is 5.75 Å². The zero-order chi connectivity index (χ0) is 25.9. The van der Waals surface area contributed by atoms with Gasteiger partial charge in [0.1, 0.15) is 18.4 Å². The van der Waals surface area contributed by atoms with E-state index in [2.05, 4.69) is 15.6 Å². The molecule has 10 heteroatoms. The molecule has 1 aliphatic rings. The molecule has 2 amide bonds. The van der Waals surface area contributed by atoms with E-state index in [4.69, 9.17) is 15.2 Å². The van der Waals surface area contributed by atoms with E-state index in [0.29, 0.717) is 29.8 Å². The summed E-state index contributed by atoms with van der Waals surface area (Å²) >= 11 is 1.48. The van der Waals surface area contributed by atoms with Crippen LogP contribution in [0.2, 0.25) is 0 Å². The maximum atomic E-state index is 13.6. The third-order valence-electron chi connectivity index (χ3n) is 6.25. The number of ether oxygens (including phenoxy) is 2. The smallest absolute Gasteiger partial charge is 0.338 e. The molecular formula is C27H27N5O4S. The number of esters is 1. The number of nitrogen functional groups attached to an aromatic ring is 1. The highest BCUT2D eigenvalue weighted by Gasteiger charge is 2.36. The van der Waals surface area contributed by atoms with Gasteiger partial charge in [0.15, 0.2) is 4.96 Å². The first-order chi connectivity index (χ1) is 17.9. The molecule has 0 fully saturated rings. The van der Waals surface area contributed by atoms with Crippen LogP contribution < -0.4 is 21.1 Å². The number of amides is 2. The molecule has 1 unspecified atom stereocenters. The van der Waals surface area contributed by atoms with Crippen molar-refractivity contribution in [2.45, 2.75) is 32.4 Å². The first-order valence-corrected chi connectivity index (χ1v) is 12.7. The Kier molecular flexibility index (Phi) is 6.82. The number of aryl methyl sites for hydroxylation is 2. The van der Waals surface area contributed by atoms with Crippen molar-refractivity contribution in [2.75, 3.05) is 12.8 Å². The Morgan fingerprint density at radius 1 is 1.16 bits per heavy atom. The number of benzene rings is 2. The lowest BCUT2D eigenvalue weighted by atomic mass is 9.95. The van der Waals surface area contributed by atoms with Crippen molar-refractivity contribution in [1.29, 1.82) is 0 Å². The van der Waals surface area contributed by atoms with E-state index in [1.165, 1.54) is 11.3 Å². The first kappa shape index (κ1) is 24.4. The fourth-order valence-electron chi connectivity index (χ4n) is 4.53. The van der Waals surface area contributed by atoms with Crippen LogP contribution in [0.4, 0.5) is 10.5 Å². The molecule has 9 nitrogen and oxygen atoms in total. The van der Waals surface area contributed by atoms with Crippen LogP contribution in [0, 0.1) is 6.92 Å². The van der Waals surface area contributed by atoms with E-state index in [1.807, 2.05) is 59.3 Å². The molecule has 0 saturated heterocycles. The van der Waals surface area contributed by atoms with E-state index < -0.39 is 12.0 Å². The Labute approximate surface area is 217 Å². The molecule has 1 aliphatic heterocycles. The van der Waals surface area contributed by atoms with Gasteiger partial charge in [0.2, 0.25) is 0 Å². The summed E-state index contributed by atoms with van der Waals surface area (Å²) in [5.74, 6) is 0.223. The SMILES string of the molecule is COc1cccc(CCC2=C(C(=O)OCc3cccc(N)c3)C(c3c(C)nc4sccn34)NC(=O)N2)c1. The minimum Gasteiger partial charge on any atom is -0.497 e. The summed E-state index contributed by atoms with van der Waals surface area (Å²) in [6.07, 6.45) is 2.89. The molecule has 0 bridgehead atoms. The number of hydrogen-bond donors (Lipinski definition) is 3. The molecule has 4 aromatic rings. The predicted octanol–water partition coefficient (Wildman–Crippen LogP) is 4.28. The van der Waals surface area contributed by atoms with Crippen molar-refractivity contribution in [1.82, 2.24) is 20.0 Å². The van der Waals surface area contributed by atoms with Gasteiger partial charge in [-0.1, -0.05) is 24.3 Å². The Bertz CT molecular complexity index is 1510. The van der Waals surface area contributed by atoms with Gasteiger partial charge in [0, 0.05) is 23.0 Å². The van der Waals surface area contributed by atoms with Gasteiger partial charge in [-0.15, -0.1) is 11.3 Å². The molecule has 5 rings (SSSR count). The van der Waals surface area contributed by atoms with Gasteiger partial charge in [-0.3, -0.25) is 4.40 Å². The van der Waals surface area contributed by atoms with Crippen LogP contribution in [0.1, 0.15) is 35.0 Å². The largest absolute Gasteiger partial charge is 0.497 e. The van der Waals surface area contributed by atoms with Gasteiger partial charge in [-0.05, 0) is 55.2 Å².